The van der Waals surface area contributed by atoms with Crippen LogP contribution < -0.4 is 5.32 Å². The van der Waals surface area contributed by atoms with Crippen molar-refractivity contribution < 1.29 is 14.7 Å². The molecule has 0 saturated carbocycles. The highest BCUT2D eigenvalue weighted by molar-refractivity contribution is 6.30. The van der Waals surface area contributed by atoms with Gasteiger partial charge in [-0.3, -0.25) is 9.59 Å². The maximum atomic E-state index is 12.9. The summed E-state index contributed by atoms with van der Waals surface area (Å²) >= 11 is 0. The van der Waals surface area contributed by atoms with E-state index >= 15 is 0 Å². The van der Waals surface area contributed by atoms with Gasteiger partial charge in [-0.05, 0) is 55.7 Å². The number of aromatic nitrogens is 1. The van der Waals surface area contributed by atoms with E-state index in [0.29, 0.717) is 40.2 Å². The van der Waals surface area contributed by atoms with Crippen molar-refractivity contribution in [3.63, 3.8) is 0 Å². The smallest absolute Gasteiger partial charge is 0.280 e. The van der Waals surface area contributed by atoms with E-state index in [-0.39, 0.29) is 17.2 Å². The van der Waals surface area contributed by atoms with Crippen LogP contribution in [-0.4, -0.2) is 59.7 Å². The molecular formula is C28H32N4O3. The Hall–Kier alpha value is -3.71. The number of nitrogens with zero attached hydrogens (tertiary/aromatic N) is 2. The van der Waals surface area contributed by atoms with E-state index in [1.165, 1.54) is 5.56 Å². The summed E-state index contributed by atoms with van der Waals surface area (Å²) < 4.78 is 0. The van der Waals surface area contributed by atoms with Crippen LogP contribution in [0.15, 0.2) is 53.5 Å². The van der Waals surface area contributed by atoms with Gasteiger partial charge < -0.3 is 20.3 Å². The number of amides is 2. The minimum Gasteiger partial charge on any atom is -0.494 e. The second-order valence-corrected chi connectivity index (χ2v) is 10.2. The lowest BCUT2D eigenvalue weighted by atomic mass is 9.86. The lowest BCUT2D eigenvalue weighted by molar-refractivity contribution is 0.0951. The van der Waals surface area contributed by atoms with Gasteiger partial charge in [-0.2, -0.15) is 0 Å². The zero-order valence-corrected chi connectivity index (χ0v) is 20.9. The van der Waals surface area contributed by atoms with E-state index in [2.05, 4.69) is 41.0 Å². The van der Waals surface area contributed by atoms with E-state index in [4.69, 9.17) is 0 Å². The van der Waals surface area contributed by atoms with Gasteiger partial charge in [0.2, 0.25) is 0 Å². The van der Waals surface area contributed by atoms with E-state index in [1.54, 1.807) is 24.3 Å². The number of aliphatic imine (C=N–C) groups is 1. The van der Waals surface area contributed by atoms with Gasteiger partial charge in [0.25, 0.3) is 11.8 Å². The van der Waals surface area contributed by atoms with Crippen molar-refractivity contribution >= 4 is 17.5 Å². The molecule has 1 aliphatic heterocycles. The summed E-state index contributed by atoms with van der Waals surface area (Å²) in [4.78, 5) is 34.8. The van der Waals surface area contributed by atoms with E-state index < -0.39 is 5.91 Å². The van der Waals surface area contributed by atoms with Crippen LogP contribution >= 0.6 is 0 Å². The molecule has 0 radical (unpaired) electrons. The van der Waals surface area contributed by atoms with E-state index in [1.807, 2.05) is 38.4 Å². The highest BCUT2D eigenvalue weighted by Gasteiger charge is 2.33. The number of nitrogens with one attached hydrogen (secondary N) is 2. The van der Waals surface area contributed by atoms with Crippen LogP contribution in [0.25, 0.3) is 11.3 Å². The third-order valence-corrected chi connectivity index (χ3v) is 6.15. The van der Waals surface area contributed by atoms with E-state index in [9.17, 15) is 14.7 Å². The third kappa shape index (κ3) is 5.05. The number of benzene rings is 2. The number of carbonyl (C=O) groups is 2. The maximum absolute atomic E-state index is 12.9. The fourth-order valence-electron chi connectivity index (χ4n) is 4.21. The molecule has 1 aromatic heterocycles. The minimum absolute atomic E-state index is 0.00402. The predicted octanol–water partition coefficient (Wildman–Crippen LogP) is 4.36. The monoisotopic (exact) mass is 472 g/mol. The van der Waals surface area contributed by atoms with Gasteiger partial charge in [-0.1, -0.05) is 57.2 Å². The maximum Gasteiger partial charge on any atom is 0.280 e. The van der Waals surface area contributed by atoms with Crippen LogP contribution in [0.5, 0.6) is 5.88 Å². The van der Waals surface area contributed by atoms with Gasteiger partial charge in [0.05, 0.1) is 22.5 Å². The fourth-order valence-corrected chi connectivity index (χ4v) is 4.21. The number of hydrogen-bond acceptors (Lipinski definition) is 4. The van der Waals surface area contributed by atoms with Crippen molar-refractivity contribution in [1.82, 2.24) is 15.2 Å². The largest absolute Gasteiger partial charge is 0.494 e. The number of rotatable bonds is 7. The predicted molar refractivity (Wildman–Crippen MR) is 139 cm³/mol. The van der Waals surface area contributed by atoms with Gasteiger partial charge in [0, 0.05) is 17.7 Å². The Morgan fingerprint density at radius 1 is 1.06 bits per heavy atom. The number of fused-ring (bicyclic) bond motifs is 1. The molecule has 1 aliphatic rings. The van der Waals surface area contributed by atoms with Crippen LogP contribution in [0.3, 0.4) is 0 Å². The third-order valence-electron chi connectivity index (χ3n) is 6.15. The molecule has 0 spiro atoms. The zero-order chi connectivity index (χ0) is 25.3. The van der Waals surface area contributed by atoms with Crippen molar-refractivity contribution in [3.8, 4) is 17.1 Å². The summed E-state index contributed by atoms with van der Waals surface area (Å²) in [6.07, 6.45) is 0.849. The first-order chi connectivity index (χ1) is 16.6. The molecule has 0 fully saturated rings. The number of carbonyl (C=O) groups excluding carboxylic acids is 2. The topological polar surface area (TPSA) is 97.8 Å². The molecular weight excluding hydrogens is 440 g/mol. The zero-order valence-electron chi connectivity index (χ0n) is 20.9. The number of H-pyrrole nitrogens is 1. The molecule has 0 unspecified atom stereocenters. The Balaban J connectivity index is 1.61. The van der Waals surface area contributed by atoms with Crippen LogP contribution in [-0.2, 0) is 5.41 Å². The summed E-state index contributed by atoms with van der Waals surface area (Å²) in [6.45, 7) is 7.87. The van der Waals surface area contributed by atoms with Gasteiger partial charge in [-0.15, -0.1) is 0 Å². The van der Waals surface area contributed by atoms with Gasteiger partial charge >= 0.3 is 0 Å². The summed E-state index contributed by atoms with van der Waals surface area (Å²) in [5.41, 5.74) is 4.67. The SMILES string of the molecule is CN(C)CCCNC(=O)c1cccc(-c2[nH]c(O)c3c2C(=O)N=C3c2ccc(C(C)(C)C)cc2)c1. The van der Waals surface area contributed by atoms with Crippen molar-refractivity contribution in [2.24, 2.45) is 4.99 Å². The van der Waals surface area contributed by atoms with Gasteiger partial charge in [0.15, 0.2) is 5.88 Å². The lowest BCUT2D eigenvalue weighted by Gasteiger charge is -2.19. The summed E-state index contributed by atoms with van der Waals surface area (Å²) in [5, 5.41) is 13.7. The van der Waals surface area contributed by atoms with Gasteiger partial charge in [-0.25, -0.2) is 4.99 Å². The first kappa shape index (κ1) is 24.4. The molecule has 7 heteroatoms. The summed E-state index contributed by atoms with van der Waals surface area (Å²) in [6, 6.07) is 14.9. The summed E-state index contributed by atoms with van der Waals surface area (Å²) in [7, 11) is 3.99. The summed E-state index contributed by atoms with van der Waals surface area (Å²) in [5.74, 6) is -0.710. The molecule has 0 aliphatic carbocycles. The van der Waals surface area contributed by atoms with Crippen LogP contribution in [0.4, 0.5) is 0 Å². The molecule has 7 nitrogen and oxygen atoms in total. The molecule has 3 aromatic rings. The number of aromatic amines is 1. The second kappa shape index (κ2) is 9.50. The molecule has 3 N–H and O–H groups in total. The molecule has 0 saturated heterocycles. The first-order valence-electron chi connectivity index (χ1n) is 11.8. The van der Waals surface area contributed by atoms with Crippen LogP contribution in [0, 0.1) is 0 Å². The van der Waals surface area contributed by atoms with E-state index in [0.717, 1.165) is 18.5 Å². The molecule has 2 amide bonds. The molecule has 182 valence electrons. The average Bonchev–Trinajstić information content (AvgIpc) is 3.34. The number of hydrogen-bond donors (Lipinski definition) is 3. The molecule has 0 atom stereocenters. The molecule has 2 heterocycles. The van der Waals surface area contributed by atoms with Crippen molar-refractivity contribution in [2.45, 2.75) is 32.6 Å². The normalized spacial score (nSPS) is 13.2. The fraction of sp³-hybridized carbons (Fsp3) is 0.321. The standard InChI is InChI=1S/C28H32N4O3/c1-28(2,3)20-12-10-17(11-13-20)23-21-22(27(35)30-23)24(31-26(21)34)18-8-6-9-19(16-18)25(33)29-14-7-15-32(4)5/h6,8-13,16,31,34H,7,14-15H2,1-5H3,(H,29,33). The van der Waals surface area contributed by atoms with Crippen molar-refractivity contribution in [1.29, 1.82) is 0 Å². The Morgan fingerprint density at radius 2 is 1.77 bits per heavy atom. The molecule has 4 rings (SSSR count). The quantitative estimate of drug-likeness (QED) is 0.445. The van der Waals surface area contributed by atoms with Crippen LogP contribution in [0.2, 0.25) is 0 Å². The minimum atomic E-state index is -0.417. The molecule has 35 heavy (non-hydrogen) atoms. The second-order valence-electron chi connectivity index (χ2n) is 10.2. The Kier molecular flexibility index (Phi) is 6.63. The number of aromatic hydroxyl groups is 1. The Labute approximate surface area is 205 Å². The Bertz CT molecular complexity index is 1290. The van der Waals surface area contributed by atoms with Crippen molar-refractivity contribution in [3.05, 3.63) is 76.3 Å². The molecule has 2 aromatic carbocycles. The average molecular weight is 473 g/mol. The molecule has 0 bridgehead atoms. The lowest BCUT2D eigenvalue weighted by Crippen LogP contribution is -2.27. The van der Waals surface area contributed by atoms with Gasteiger partial charge in [0.1, 0.15) is 0 Å². The van der Waals surface area contributed by atoms with Crippen molar-refractivity contribution in [2.75, 3.05) is 27.2 Å². The first-order valence-corrected chi connectivity index (χ1v) is 11.8. The van der Waals surface area contributed by atoms with Crippen LogP contribution in [0.1, 0.15) is 64.6 Å². The Morgan fingerprint density at radius 3 is 2.43 bits per heavy atom. The highest BCUT2D eigenvalue weighted by atomic mass is 16.3. The highest BCUT2D eigenvalue weighted by Crippen LogP contribution is 2.38.